The summed E-state index contributed by atoms with van der Waals surface area (Å²) in [6, 6.07) is 5.68. The van der Waals surface area contributed by atoms with Crippen LogP contribution in [0.25, 0.3) is 0 Å². The highest BCUT2D eigenvalue weighted by Gasteiger charge is 2.52. The van der Waals surface area contributed by atoms with Gasteiger partial charge in [0.2, 0.25) is 11.8 Å². The Kier molecular flexibility index (Phi) is 5.27. The summed E-state index contributed by atoms with van der Waals surface area (Å²) in [4.78, 5) is 42.5. The fourth-order valence-electron chi connectivity index (χ4n) is 5.96. The van der Waals surface area contributed by atoms with E-state index in [-0.39, 0.29) is 23.6 Å². The van der Waals surface area contributed by atoms with Crippen LogP contribution < -0.4 is 10.2 Å². The predicted octanol–water partition coefficient (Wildman–Crippen LogP) is 3.24. The molecule has 166 valence electrons. The summed E-state index contributed by atoms with van der Waals surface area (Å²) in [5, 5.41) is 3.10. The summed E-state index contributed by atoms with van der Waals surface area (Å²) in [6.07, 6.45) is 9.34. The zero-order valence-electron chi connectivity index (χ0n) is 18.5. The maximum atomic E-state index is 13.3. The molecule has 4 aliphatic rings. The number of amides is 3. The first kappa shape index (κ1) is 20.5. The highest BCUT2D eigenvalue weighted by molar-refractivity contribution is 6.09. The zero-order valence-corrected chi connectivity index (χ0v) is 18.5. The van der Waals surface area contributed by atoms with Crippen LogP contribution in [-0.2, 0) is 15.0 Å². The molecule has 3 fully saturated rings. The van der Waals surface area contributed by atoms with Gasteiger partial charge in [-0.15, -0.1) is 0 Å². The van der Waals surface area contributed by atoms with Crippen molar-refractivity contribution < 1.29 is 14.4 Å². The molecule has 1 saturated heterocycles. The molecular formula is C25H33N3O3. The number of anilines is 1. The van der Waals surface area contributed by atoms with E-state index in [2.05, 4.69) is 5.32 Å². The Bertz CT molecular complexity index is 893. The van der Waals surface area contributed by atoms with E-state index in [4.69, 9.17) is 0 Å². The lowest BCUT2D eigenvalue weighted by molar-refractivity contribution is -0.141. The maximum Gasteiger partial charge on any atom is 0.251 e. The predicted molar refractivity (Wildman–Crippen MR) is 119 cm³/mol. The van der Waals surface area contributed by atoms with E-state index in [1.807, 2.05) is 30.1 Å². The second-order valence-electron chi connectivity index (χ2n) is 9.99. The lowest BCUT2D eigenvalue weighted by atomic mass is 9.72. The Hall–Kier alpha value is -2.37. The van der Waals surface area contributed by atoms with E-state index in [0.717, 1.165) is 37.1 Å². The van der Waals surface area contributed by atoms with E-state index >= 15 is 0 Å². The summed E-state index contributed by atoms with van der Waals surface area (Å²) >= 11 is 0. The van der Waals surface area contributed by atoms with E-state index in [9.17, 15) is 14.4 Å². The molecule has 0 aromatic heterocycles. The molecule has 0 unspecified atom stereocenters. The van der Waals surface area contributed by atoms with Gasteiger partial charge in [-0.25, -0.2) is 0 Å². The SMILES string of the molecule is CN1C(=O)C2(CCN(C(=O)C3CCC3)CC2)c2cc(C(=O)NCC3CCCC3)ccc21. The molecule has 6 nitrogen and oxygen atoms in total. The molecule has 1 spiro atoms. The minimum Gasteiger partial charge on any atom is -0.352 e. The normalized spacial score (nSPS) is 23.2. The summed E-state index contributed by atoms with van der Waals surface area (Å²) < 4.78 is 0. The third kappa shape index (κ3) is 3.44. The lowest BCUT2D eigenvalue weighted by Gasteiger charge is -2.40. The first-order valence-electron chi connectivity index (χ1n) is 12.0. The largest absolute Gasteiger partial charge is 0.352 e. The van der Waals surface area contributed by atoms with Crippen LogP contribution in [0, 0.1) is 11.8 Å². The van der Waals surface area contributed by atoms with Gasteiger partial charge in [0.25, 0.3) is 5.91 Å². The average molecular weight is 424 g/mol. The number of carbonyl (C=O) groups excluding carboxylic acids is 3. The Balaban J connectivity index is 1.33. The molecule has 0 radical (unpaired) electrons. The molecule has 2 heterocycles. The molecule has 2 aliphatic carbocycles. The monoisotopic (exact) mass is 423 g/mol. The highest BCUT2D eigenvalue weighted by Crippen LogP contribution is 2.48. The summed E-state index contributed by atoms with van der Waals surface area (Å²) in [5.41, 5.74) is 1.88. The molecule has 2 aliphatic heterocycles. The maximum absolute atomic E-state index is 13.3. The van der Waals surface area contributed by atoms with Crippen LogP contribution in [0.1, 0.15) is 73.7 Å². The van der Waals surface area contributed by atoms with Crippen molar-refractivity contribution >= 4 is 23.4 Å². The number of nitrogens with zero attached hydrogens (tertiary/aromatic N) is 2. The molecule has 3 amide bonds. The molecule has 5 rings (SSSR count). The summed E-state index contributed by atoms with van der Waals surface area (Å²) in [5.74, 6) is 1.10. The van der Waals surface area contributed by atoms with Gasteiger partial charge in [-0.3, -0.25) is 14.4 Å². The lowest BCUT2D eigenvalue weighted by Crippen LogP contribution is -2.51. The van der Waals surface area contributed by atoms with Gasteiger partial charge in [0.05, 0.1) is 5.41 Å². The van der Waals surface area contributed by atoms with Gasteiger partial charge in [-0.05, 0) is 68.2 Å². The smallest absolute Gasteiger partial charge is 0.251 e. The zero-order chi connectivity index (χ0) is 21.6. The van der Waals surface area contributed by atoms with Crippen molar-refractivity contribution in [2.24, 2.45) is 11.8 Å². The van der Waals surface area contributed by atoms with Crippen molar-refractivity contribution in [3.63, 3.8) is 0 Å². The van der Waals surface area contributed by atoms with Crippen molar-refractivity contribution in [2.45, 2.75) is 63.2 Å². The summed E-state index contributed by atoms with van der Waals surface area (Å²) in [6.45, 7) is 1.97. The number of carbonyl (C=O) groups is 3. The number of piperidine rings is 1. The van der Waals surface area contributed by atoms with Gasteiger partial charge in [0.15, 0.2) is 0 Å². The van der Waals surface area contributed by atoms with Crippen LogP contribution in [0.3, 0.4) is 0 Å². The molecule has 0 atom stereocenters. The number of likely N-dealkylation sites (N-methyl/N-ethyl adjacent to an activating group) is 1. The number of hydrogen-bond acceptors (Lipinski definition) is 3. The second kappa shape index (κ2) is 7.95. The van der Waals surface area contributed by atoms with E-state index < -0.39 is 5.41 Å². The molecule has 6 heteroatoms. The van der Waals surface area contributed by atoms with Gasteiger partial charge in [-0.1, -0.05) is 19.3 Å². The first-order chi connectivity index (χ1) is 15.0. The fourth-order valence-corrected chi connectivity index (χ4v) is 5.96. The summed E-state index contributed by atoms with van der Waals surface area (Å²) in [7, 11) is 1.82. The van der Waals surface area contributed by atoms with Gasteiger partial charge in [0, 0.05) is 43.9 Å². The van der Waals surface area contributed by atoms with Crippen LogP contribution in [-0.4, -0.2) is 49.3 Å². The number of likely N-dealkylation sites (tertiary alicyclic amines) is 1. The van der Waals surface area contributed by atoms with E-state index in [1.165, 1.54) is 25.7 Å². The van der Waals surface area contributed by atoms with Crippen LogP contribution >= 0.6 is 0 Å². The van der Waals surface area contributed by atoms with Gasteiger partial charge in [0.1, 0.15) is 0 Å². The molecule has 31 heavy (non-hydrogen) atoms. The Morgan fingerprint density at radius 2 is 1.77 bits per heavy atom. The molecule has 1 aromatic carbocycles. The molecule has 1 aromatic rings. The minimum absolute atomic E-state index is 0.0514. The number of rotatable bonds is 4. The third-order valence-electron chi connectivity index (χ3n) is 8.26. The van der Waals surface area contributed by atoms with Crippen LogP contribution in [0.2, 0.25) is 0 Å². The third-order valence-corrected chi connectivity index (χ3v) is 8.26. The van der Waals surface area contributed by atoms with Crippen molar-refractivity contribution in [1.82, 2.24) is 10.2 Å². The topological polar surface area (TPSA) is 69.7 Å². The average Bonchev–Trinajstić information content (AvgIpc) is 3.34. The standard InChI is InChI=1S/C25H33N3O3/c1-27-21-10-9-19(22(29)26-16-17-5-2-3-6-17)15-20(21)25(24(27)31)11-13-28(14-12-25)23(30)18-7-4-8-18/h9-10,15,17-18H,2-8,11-14,16H2,1H3,(H,26,29). The molecule has 0 bridgehead atoms. The van der Waals surface area contributed by atoms with Crippen molar-refractivity contribution in [2.75, 3.05) is 31.6 Å². The number of fused-ring (bicyclic) bond motifs is 2. The Morgan fingerprint density at radius 1 is 1.06 bits per heavy atom. The fraction of sp³-hybridized carbons (Fsp3) is 0.640. The van der Waals surface area contributed by atoms with Crippen LogP contribution in [0.15, 0.2) is 18.2 Å². The minimum atomic E-state index is -0.609. The molecule has 1 N–H and O–H groups in total. The Morgan fingerprint density at radius 3 is 2.42 bits per heavy atom. The quantitative estimate of drug-likeness (QED) is 0.808. The number of hydrogen-bond donors (Lipinski definition) is 1. The number of nitrogens with one attached hydrogen (secondary N) is 1. The van der Waals surface area contributed by atoms with Gasteiger partial charge < -0.3 is 15.1 Å². The number of benzene rings is 1. The highest BCUT2D eigenvalue weighted by atomic mass is 16.2. The second-order valence-corrected chi connectivity index (χ2v) is 9.99. The Labute approximate surface area is 184 Å². The van der Waals surface area contributed by atoms with Crippen LogP contribution in [0.5, 0.6) is 0 Å². The van der Waals surface area contributed by atoms with E-state index in [1.54, 1.807) is 4.90 Å². The van der Waals surface area contributed by atoms with E-state index in [0.29, 0.717) is 37.4 Å². The van der Waals surface area contributed by atoms with Gasteiger partial charge >= 0.3 is 0 Å². The van der Waals surface area contributed by atoms with Crippen LogP contribution in [0.4, 0.5) is 5.69 Å². The van der Waals surface area contributed by atoms with Gasteiger partial charge in [-0.2, -0.15) is 0 Å². The van der Waals surface area contributed by atoms with Crippen molar-refractivity contribution in [1.29, 1.82) is 0 Å². The first-order valence-corrected chi connectivity index (χ1v) is 12.0. The van der Waals surface area contributed by atoms with Crippen molar-refractivity contribution in [3.8, 4) is 0 Å². The molecular weight excluding hydrogens is 390 g/mol. The molecule has 2 saturated carbocycles. The van der Waals surface area contributed by atoms with Crippen molar-refractivity contribution in [3.05, 3.63) is 29.3 Å².